The van der Waals surface area contributed by atoms with E-state index in [0.717, 1.165) is 5.52 Å². The van der Waals surface area contributed by atoms with Gasteiger partial charge in [0.25, 0.3) is 0 Å². The van der Waals surface area contributed by atoms with Gasteiger partial charge in [0.1, 0.15) is 11.3 Å². The third kappa shape index (κ3) is 4.49. The van der Waals surface area contributed by atoms with E-state index in [1.165, 1.54) is 7.11 Å². The van der Waals surface area contributed by atoms with Crippen LogP contribution in [0.1, 0.15) is 31.2 Å². The van der Waals surface area contributed by atoms with Crippen LogP contribution in [0.2, 0.25) is 0 Å². The summed E-state index contributed by atoms with van der Waals surface area (Å²) in [5.41, 5.74) is 0.998. The first kappa shape index (κ1) is 19.4. The number of benzene rings is 2. The number of aliphatic carboxylic acids is 1. The van der Waals surface area contributed by atoms with Gasteiger partial charge in [-0.1, -0.05) is 24.3 Å². The Kier molecular flexibility index (Phi) is 5.63. The molecule has 1 aromatic heterocycles. The molecule has 1 amide bonds. The molecule has 146 valence electrons. The molecule has 7 heteroatoms. The highest BCUT2D eigenvalue weighted by Crippen LogP contribution is 2.28. The van der Waals surface area contributed by atoms with Crippen molar-refractivity contribution in [2.45, 2.75) is 31.7 Å². The summed E-state index contributed by atoms with van der Waals surface area (Å²) in [6.45, 7) is 1.69. The molecule has 0 bridgehead atoms. The van der Waals surface area contributed by atoms with Crippen LogP contribution in [0.25, 0.3) is 11.1 Å². The molecule has 0 saturated heterocycles. The van der Waals surface area contributed by atoms with Gasteiger partial charge in [0, 0.05) is 12.8 Å². The van der Waals surface area contributed by atoms with Crippen molar-refractivity contribution >= 4 is 23.0 Å². The van der Waals surface area contributed by atoms with E-state index in [4.69, 9.17) is 9.15 Å². The molecule has 0 radical (unpaired) electrons. The molecule has 3 rings (SSSR count). The van der Waals surface area contributed by atoms with Crippen LogP contribution in [-0.4, -0.2) is 29.1 Å². The second-order valence-corrected chi connectivity index (χ2v) is 6.76. The van der Waals surface area contributed by atoms with Crippen LogP contribution in [0.15, 0.2) is 52.9 Å². The van der Waals surface area contributed by atoms with Crippen LogP contribution >= 0.6 is 0 Å². The molecule has 1 unspecified atom stereocenters. The van der Waals surface area contributed by atoms with Crippen LogP contribution < -0.4 is 10.1 Å². The summed E-state index contributed by atoms with van der Waals surface area (Å²) in [6.07, 6.45) is 0.197. The second kappa shape index (κ2) is 8.12. The molecule has 0 aliphatic carbocycles. The summed E-state index contributed by atoms with van der Waals surface area (Å²) >= 11 is 0. The standard InChI is InChI=1S/C21H22N2O5/c1-21(13-20(25)26,14-6-5-7-15(12-14)27-2)23-18(24)10-11-19-22-16-8-3-4-9-17(16)28-19/h3-9,12H,10-11,13H2,1-2H3,(H,23,24)(H,25,26). The SMILES string of the molecule is COc1cccc(C(C)(CC(=O)O)NC(=O)CCc2nc3ccccc3o2)c1. The lowest BCUT2D eigenvalue weighted by Gasteiger charge is -2.30. The Balaban J connectivity index is 1.72. The number of para-hydroxylation sites is 2. The van der Waals surface area contributed by atoms with E-state index in [1.54, 1.807) is 31.2 Å². The van der Waals surface area contributed by atoms with Crippen molar-refractivity contribution in [1.82, 2.24) is 10.3 Å². The van der Waals surface area contributed by atoms with Crippen molar-refractivity contribution in [1.29, 1.82) is 0 Å². The fraction of sp³-hybridized carbons (Fsp3) is 0.286. The van der Waals surface area contributed by atoms with Gasteiger partial charge in [-0.05, 0) is 36.8 Å². The number of nitrogens with one attached hydrogen (secondary N) is 1. The van der Waals surface area contributed by atoms with E-state index in [2.05, 4.69) is 10.3 Å². The summed E-state index contributed by atoms with van der Waals surface area (Å²) in [4.78, 5) is 28.3. The Labute approximate surface area is 162 Å². The first-order valence-electron chi connectivity index (χ1n) is 8.91. The van der Waals surface area contributed by atoms with E-state index < -0.39 is 11.5 Å². The number of carbonyl (C=O) groups excluding carboxylic acids is 1. The van der Waals surface area contributed by atoms with E-state index in [-0.39, 0.29) is 18.7 Å². The van der Waals surface area contributed by atoms with Gasteiger partial charge in [-0.25, -0.2) is 4.98 Å². The maximum absolute atomic E-state index is 12.6. The minimum absolute atomic E-state index is 0.131. The number of oxazole rings is 1. The minimum Gasteiger partial charge on any atom is -0.497 e. The van der Waals surface area contributed by atoms with Crippen LogP contribution in [0.4, 0.5) is 0 Å². The molecule has 0 spiro atoms. The average Bonchev–Trinajstić information content (AvgIpc) is 3.09. The highest BCUT2D eigenvalue weighted by Gasteiger charge is 2.31. The minimum atomic E-state index is -1.07. The monoisotopic (exact) mass is 382 g/mol. The topological polar surface area (TPSA) is 102 Å². The maximum Gasteiger partial charge on any atom is 0.306 e. The number of carbonyl (C=O) groups is 2. The third-order valence-corrected chi connectivity index (χ3v) is 4.53. The van der Waals surface area contributed by atoms with Gasteiger partial charge in [-0.2, -0.15) is 0 Å². The molecule has 7 nitrogen and oxygen atoms in total. The molecule has 2 aromatic carbocycles. The Hall–Kier alpha value is -3.35. The molecule has 0 fully saturated rings. The number of carboxylic acid groups (broad SMARTS) is 1. The zero-order valence-electron chi connectivity index (χ0n) is 15.8. The summed E-state index contributed by atoms with van der Waals surface area (Å²) in [5.74, 6) is -0.231. The average molecular weight is 382 g/mol. The fourth-order valence-corrected chi connectivity index (χ4v) is 3.10. The lowest BCUT2D eigenvalue weighted by Crippen LogP contribution is -2.45. The van der Waals surface area contributed by atoms with Gasteiger partial charge >= 0.3 is 5.97 Å². The van der Waals surface area contributed by atoms with E-state index in [0.29, 0.717) is 29.2 Å². The van der Waals surface area contributed by atoms with E-state index in [1.807, 2.05) is 24.3 Å². The Morgan fingerprint density at radius 1 is 1.21 bits per heavy atom. The quantitative estimate of drug-likeness (QED) is 0.620. The first-order chi connectivity index (χ1) is 13.4. The Bertz CT molecular complexity index is 964. The van der Waals surface area contributed by atoms with Gasteiger partial charge in [0.05, 0.1) is 19.1 Å². The highest BCUT2D eigenvalue weighted by molar-refractivity contribution is 5.79. The van der Waals surface area contributed by atoms with Crippen molar-refractivity contribution in [3.63, 3.8) is 0 Å². The molecule has 0 aliphatic rings. The number of methoxy groups -OCH3 is 1. The number of ether oxygens (including phenoxy) is 1. The third-order valence-electron chi connectivity index (χ3n) is 4.53. The number of aryl methyl sites for hydroxylation is 1. The predicted molar refractivity (Wildman–Crippen MR) is 103 cm³/mol. The normalized spacial score (nSPS) is 13.1. The molecule has 2 N–H and O–H groups in total. The molecule has 3 aromatic rings. The van der Waals surface area contributed by atoms with Crippen molar-refractivity contribution in [2.75, 3.05) is 7.11 Å². The summed E-state index contributed by atoms with van der Waals surface area (Å²) in [7, 11) is 1.53. The van der Waals surface area contributed by atoms with Crippen LogP contribution in [0.3, 0.4) is 0 Å². The summed E-state index contributed by atoms with van der Waals surface area (Å²) in [6, 6.07) is 14.4. The molecular formula is C21H22N2O5. The fourth-order valence-electron chi connectivity index (χ4n) is 3.10. The van der Waals surface area contributed by atoms with Crippen molar-refractivity contribution < 1.29 is 23.8 Å². The molecular weight excluding hydrogens is 360 g/mol. The molecule has 0 saturated carbocycles. The number of carboxylic acids is 1. The summed E-state index contributed by atoms with van der Waals surface area (Å²) < 4.78 is 10.8. The largest absolute Gasteiger partial charge is 0.497 e. The van der Waals surface area contributed by atoms with Crippen molar-refractivity contribution in [2.24, 2.45) is 0 Å². The second-order valence-electron chi connectivity index (χ2n) is 6.76. The summed E-state index contributed by atoms with van der Waals surface area (Å²) in [5, 5.41) is 12.2. The number of fused-ring (bicyclic) bond motifs is 1. The Morgan fingerprint density at radius 2 is 2.00 bits per heavy atom. The van der Waals surface area contributed by atoms with Crippen LogP contribution in [0, 0.1) is 0 Å². The number of hydrogen-bond acceptors (Lipinski definition) is 5. The first-order valence-corrected chi connectivity index (χ1v) is 8.91. The molecule has 1 heterocycles. The van der Waals surface area contributed by atoms with Crippen LogP contribution in [0.5, 0.6) is 5.75 Å². The smallest absolute Gasteiger partial charge is 0.306 e. The van der Waals surface area contributed by atoms with Gasteiger partial charge in [-0.3, -0.25) is 9.59 Å². The van der Waals surface area contributed by atoms with Gasteiger partial charge < -0.3 is 19.6 Å². The van der Waals surface area contributed by atoms with Gasteiger partial charge in [0.2, 0.25) is 5.91 Å². The van der Waals surface area contributed by atoms with Crippen LogP contribution in [-0.2, 0) is 21.5 Å². The van der Waals surface area contributed by atoms with E-state index in [9.17, 15) is 14.7 Å². The lowest BCUT2D eigenvalue weighted by molar-refractivity contribution is -0.139. The number of aromatic nitrogens is 1. The molecule has 0 aliphatic heterocycles. The highest BCUT2D eigenvalue weighted by atomic mass is 16.5. The molecule has 28 heavy (non-hydrogen) atoms. The number of nitrogens with zero attached hydrogens (tertiary/aromatic N) is 1. The predicted octanol–water partition coefficient (Wildman–Crippen LogP) is 3.28. The van der Waals surface area contributed by atoms with Gasteiger partial charge in [0.15, 0.2) is 11.5 Å². The zero-order valence-corrected chi connectivity index (χ0v) is 15.8. The van der Waals surface area contributed by atoms with Gasteiger partial charge in [-0.15, -0.1) is 0 Å². The van der Waals surface area contributed by atoms with Crippen molar-refractivity contribution in [3.8, 4) is 5.75 Å². The number of hydrogen-bond donors (Lipinski definition) is 2. The lowest BCUT2D eigenvalue weighted by atomic mass is 9.88. The molecule has 1 atom stereocenters. The van der Waals surface area contributed by atoms with E-state index >= 15 is 0 Å². The zero-order chi connectivity index (χ0) is 20.1. The maximum atomic E-state index is 12.6. The number of amides is 1. The van der Waals surface area contributed by atoms with Crippen molar-refractivity contribution in [3.05, 3.63) is 60.0 Å². The number of rotatable bonds is 8. The Morgan fingerprint density at radius 3 is 2.71 bits per heavy atom.